The van der Waals surface area contributed by atoms with E-state index in [1.807, 2.05) is 33.2 Å². The number of anilines is 1. The van der Waals surface area contributed by atoms with Crippen LogP contribution in [-0.4, -0.2) is 40.7 Å². The van der Waals surface area contributed by atoms with Crippen molar-refractivity contribution < 1.29 is 4.74 Å². The lowest BCUT2D eigenvalue weighted by atomic mass is 10.4. The molecule has 0 aliphatic carbocycles. The van der Waals surface area contributed by atoms with Crippen molar-refractivity contribution in [2.45, 2.75) is 27.7 Å². The predicted octanol–water partition coefficient (Wildman–Crippen LogP) is 2.21. The first-order valence-corrected chi connectivity index (χ1v) is 6.90. The van der Waals surface area contributed by atoms with E-state index in [-0.39, 0.29) is 0 Å². The van der Waals surface area contributed by atoms with Gasteiger partial charge in [-0.15, -0.1) is 0 Å². The van der Waals surface area contributed by atoms with Gasteiger partial charge in [0.15, 0.2) is 11.5 Å². The third-order valence-corrected chi connectivity index (χ3v) is 3.31. The summed E-state index contributed by atoms with van der Waals surface area (Å²) in [7, 11) is 0. The lowest BCUT2D eigenvalue weighted by Gasteiger charge is -2.27. The van der Waals surface area contributed by atoms with Gasteiger partial charge in [-0.3, -0.25) is 4.40 Å². The third-order valence-electron chi connectivity index (χ3n) is 3.31. The molecule has 1 saturated heterocycles. The number of aryl methyl sites for hydroxylation is 2. The summed E-state index contributed by atoms with van der Waals surface area (Å²) >= 11 is 0. The molecule has 0 aromatic carbocycles. The molecule has 0 amide bonds. The van der Waals surface area contributed by atoms with Crippen LogP contribution in [0.25, 0.3) is 5.65 Å². The van der Waals surface area contributed by atoms with Crippen LogP contribution in [-0.2, 0) is 4.74 Å². The van der Waals surface area contributed by atoms with Crippen LogP contribution in [0, 0.1) is 13.8 Å². The molecular weight excluding hydrogens is 240 g/mol. The monoisotopic (exact) mass is 262 g/mol. The number of hydrogen-bond donors (Lipinski definition) is 0. The van der Waals surface area contributed by atoms with E-state index in [0.717, 1.165) is 43.5 Å². The molecule has 5 nitrogen and oxygen atoms in total. The van der Waals surface area contributed by atoms with Gasteiger partial charge in [-0.2, -0.15) is 0 Å². The van der Waals surface area contributed by atoms with E-state index < -0.39 is 0 Å². The highest BCUT2D eigenvalue weighted by Crippen LogP contribution is 2.21. The maximum Gasteiger partial charge on any atom is 0.180 e. The average molecular weight is 262 g/mol. The largest absolute Gasteiger partial charge is 0.378 e. The second-order valence-electron chi connectivity index (χ2n) is 4.33. The summed E-state index contributed by atoms with van der Waals surface area (Å²) in [5, 5.41) is 0. The lowest BCUT2D eigenvalue weighted by Crippen LogP contribution is -2.37. The van der Waals surface area contributed by atoms with Gasteiger partial charge in [-0.05, 0) is 13.8 Å². The number of ether oxygens (including phenoxy) is 1. The number of rotatable bonds is 1. The van der Waals surface area contributed by atoms with Crippen molar-refractivity contribution in [2.24, 2.45) is 0 Å². The zero-order chi connectivity index (χ0) is 13.8. The van der Waals surface area contributed by atoms with E-state index in [2.05, 4.69) is 26.2 Å². The molecule has 0 spiro atoms. The molecule has 3 rings (SSSR count). The molecule has 1 aliphatic heterocycles. The van der Waals surface area contributed by atoms with E-state index >= 15 is 0 Å². The van der Waals surface area contributed by atoms with Crippen LogP contribution in [0.15, 0.2) is 12.4 Å². The fourth-order valence-electron chi connectivity index (χ4n) is 2.19. The maximum absolute atomic E-state index is 5.37. The Kier molecular flexibility index (Phi) is 4.37. The van der Waals surface area contributed by atoms with Crippen molar-refractivity contribution in [3.8, 4) is 0 Å². The average Bonchev–Trinajstić information content (AvgIpc) is 2.78. The number of fused-ring (bicyclic) bond motifs is 1. The van der Waals surface area contributed by atoms with Gasteiger partial charge in [0.05, 0.1) is 18.9 Å². The van der Waals surface area contributed by atoms with Gasteiger partial charge in [-0.1, -0.05) is 13.8 Å². The molecule has 0 radical (unpaired) electrons. The van der Waals surface area contributed by atoms with Crippen molar-refractivity contribution in [1.82, 2.24) is 14.4 Å². The zero-order valence-electron chi connectivity index (χ0n) is 12.2. The minimum atomic E-state index is 0.765. The van der Waals surface area contributed by atoms with Gasteiger partial charge in [0.25, 0.3) is 0 Å². The van der Waals surface area contributed by atoms with Crippen LogP contribution >= 0.6 is 0 Å². The Morgan fingerprint density at radius 3 is 2.53 bits per heavy atom. The van der Waals surface area contributed by atoms with Crippen molar-refractivity contribution in [1.29, 1.82) is 0 Å². The standard InChI is InChI=1S/C12H16N4O.C2H6/c1-9-10(2)16-4-3-13-11(12(16)14-9)15-5-7-17-8-6-15;1-2/h3-4H,5-8H2,1-2H3;1-2H3. The second-order valence-corrected chi connectivity index (χ2v) is 4.33. The molecule has 0 unspecified atom stereocenters. The molecule has 0 atom stereocenters. The van der Waals surface area contributed by atoms with Crippen molar-refractivity contribution in [3.05, 3.63) is 23.8 Å². The summed E-state index contributed by atoms with van der Waals surface area (Å²) in [6.07, 6.45) is 3.81. The van der Waals surface area contributed by atoms with Gasteiger partial charge in [0, 0.05) is 31.2 Å². The van der Waals surface area contributed by atoms with E-state index in [0.29, 0.717) is 0 Å². The number of aromatic nitrogens is 3. The Labute approximate surface area is 114 Å². The van der Waals surface area contributed by atoms with Crippen molar-refractivity contribution in [2.75, 3.05) is 31.2 Å². The van der Waals surface area contributed by atoms with Crippen LogP contribution in [0.5, 0.6) is 0 Å². The lowest BCUT2D eigenvalue weighted by molar-refractivity contribution is 0.122. The Balaban J connectivity index is 0.000000637. The van der Waals surface area contributed by atoms with Crippen molar-refractivity contribution >= 4 is 11.5 Å². The molecule has 104 valence electrons. The smallest absolute Gasteiger partial charge is 0.180 e. The molecule has 0 saturated carbocycles. The van der Waals surface area contributed by atoms with Crippen LogP contribution in [0.3, 0.4) is 0 Å². The van der Waals surface area contributed by atoms with Crippen molar-refractivity contribution in [3.63, 3.8) is 0 Å². The minimum Gasteiger partial charge on any atom is -0.378 e. The fourth-order valence-corrected chi connectivity index (χ4v) is 2.19. The highest BCUT2D eigenvalue weighted by Gasteiger charge is 2.17. The first-order valence-electron chi connectivity index (χ1n) is 6.90. The van der Waals surface area contributed by atoms with Gasteiger partial charge < -0.3 is 9.64 Å². The number of nitrogens with zero attached hydrogens (tertiary/aromatic N) is 4. The Hall–Kier alpha value is -1.62. The number of imidazole rings is 1. The van der Waals surface area contributed by atoms with Crippen LogP contribution < -0.4 is 4.90 Å². The molecule has 2 aromatic rings. The van der Waals surface area contributed by atoms with E-state index in [1.54, 1.807) is 0 Å². The van der Waals surface area contributed by atoms with Crippen LogP contribution in [0.1, 0.15) is 25.2 Å². The van der Waals surface area contributed by atoms with Gasteiger partial charge in [0.1, 0.15) is 0 Å². The highest BCUT2D eigenvalue weighted by atomic mass is 16.5. The summed E-state index contributed by atoms with van der Waals surface area (Å²) in [6, 6.07) is 0. The zero-order valence-corrected chi connectivity index (χ0v) is 12.2. The van der Waals surface area contributed by atoms with Gasteiger partial charge >= 0.3 is 0 Å². The van der Waals surface area contributed by atoms with E-state index in [9.17, 15) is 0 Å². The SMILES string of the molecule is CC.Cc1nc2c(N3CCOCC3)nccn2c1C. The molecular formula is C14H22N4O. The van der Waals surface area contributed by atoms with E-state index in [1.165, 1.54) is 5.69 Å². The number of morpholine rings is 1. The molecule has 0 N–H and O–H groups in total. The highest BCUT2D eigenvalue weighted by molar-refractivity contribution is 5.65. The predicted molar refractivity (Wildman–Crippen MR) is 76.8 cm³/mol. The molecule has 0 bridgehead atoms. The van der Waals surface area contributed by atoms with Crippen LogP contribution in [0.2, 0.25) is 0 Å². The Morgan fingerprint density at radius 1 is 1.16 bits per heavy atom. The number of hydrogen-bond acceptors (Lipinski definition) is 4. The van der Waals surface area contributed by atoms with Gasteiger partial charge in [-0.25, -0.2) is 9.97 Å². The van der Waals surface area contributed by atoms with Gasteiger partial charge in [0.2, 0.25) is 0 Å². The molecule has 5 heteroatoms. The minimum absolute atomic E-state index is 0.765. The quantitative estimate of drug-likeness (QED) is 0.790. The Morgan fingerprint density at radius 2 is 1.84 bits per heavy atom. The first kappa shape index (κ1) is 13.8. The maximum atomic E-state index is 5.37. The summed E-state index contributed by atoms with van der Waals surface area (Å²) in [4.78, 5) is 11.3. The topological polar surface area (TPSA) is 42.7 Å². The molecule has 2 aromatic heterocycles. The van der Waals surface area contributed by atoms with E-state index in [4.69, 9.17) is 4.74 Å². The van der Waals surface area contributed by atoms with Crippen LogP contribution in [0.4, 0.5) is 5.82 Å². The molecule has 1 fully saturated rings. The first-order chi connectivity index (χ1) is 9.27. The second kappa shape index (κ2) is 6.02. The summed E-state index contributed by atoms with van der Waals surface area (Å²) in [5.41, 5.74) is 3.19. The molecule has 3 heterocycles. The fraction of sp³-hybridized carbons (Fsp3) is 0.571. The summed E-state index contributed by atoms with van der Waals surface area (Å²) < 4.78 is 7.47. The normalized spacial score (nSPS) is 15.3. The summed E-state index contributed by atoms with van der Waals surface area (Å²) in [5.74, 6) is 0.965. The Bertz CT molecular complexity index is 544. The molecule has 19 heavy (non-hydrogen) atoms. The third kappa shape index (κ3) is 2.56. The molecule has 1 aliphatic rings. The summed E-state index contributed by atoms with van der Waals surface area (Å²) in [6.45, 7) is 11.4.